The maximum absolute atomic E-state index is 12.4. The number of ketones is 2. The molecule has 0 saturated carbocycles. The first-order chi connectivity index (χ1) is 8.86. The van der Waals surface area contributed by atoms with Gasteiger partial charge < -0.3 is 4.74 Å². The van der Waals surface area contributed by atoms with Crippen LogP contribution >= 0.6 is 0 Å². The Morgan fingerprint density at radius 1 is 1.42 bits per heavy atom. The standard InChI is InChI=1S/C13H11F3O3/c1-2-7-4-3-5-8-10(17)9(6-19-11(7)8)12(18)13(14,15)16/h3-5,9H,2,6H2,1H3. The van der Waals surface area contributed by atoms with Crippen molar-refractivity contribution < 1.29 is 27.5 Å². The number of carbonyl (C=O) groups is 2. The van der Waals surface area contributed by atoms with Gasteiger partial charge in [-0.3, -0.25) is 9.59 Å². The minimum absolute atomic E-state index is 0.0493. The molecule has 0 amide bonds. The monoisotopic (exact) mass is 272 g/mol. The molecule has 0 aliphatic carbocycles. The Balaban J connectivity index is 2.38. The van der Waals surface area contributed by atoms with Gasteiger partial charge in [-0.05, 0) is 18.1 Å². The number of hydrogen-bond donors (Lipinski definition) is 0. The largest absolute Gasteiger partial charge is 0.491 e. The molecule has 1 aromatic rings. The summed E-state index contributed by atoms with van der Waals surface area (Å²) in [4.78, 5) is 23.1. The fourth-order valence-corrected chi connectivity index (χ4v) is 2.05. The lowest BCUT2D eigenvalue weighted by Crippen LogP contribution is -2.41. The third-order valence-electron chi connectivity index (χ3n) is 3.05. The second kappa shape index (κ2) is 4.68. The molecule has 102 valence electrons. The molecule has 0 saturated heterocycles. The van der Waals surface area contributed by atoms with Gasteiger partial charge in [-0.15, -0.1) is 0 Å². The molecule has 3 nitrogen and oxygen atoms in total. The van der Waals surface area contributed by atoms with Crippen molar-refractivity contribution in [3.05, 3.63) is 29.3 Å². The summed E-state index contributed by atoms with van der Waals surface area (Å²) in [6, 6.07) is 4.68. The van der Waals surface area contributed by atoms with Crippen LogP contribution in [0.1, 0.15) is 22.8 Å². The van der Waals surface area contributed by atoms with Crippen molar-refractivity contribution in [1.29, 1.82) is 0 Å². The van der Waals surface area contributed by atoms with E-state index in [4.69, 9.17) is 4.74 Å². The van der Waals surface area contributed by atoms with E-state index in [2.05, 4.69) is 0 Å². The Hall–Kier alpha value is -1.85. The Morgan fingerprint density at radius 3 is 2.68 bits per heavy atom. The third-order valence-corrected chi connectivity index (χ3v) is 3.05. The molecule has 19 heavy (non-hydrogen) atoms. The van der Waals surface area contributed by atoms with E-state index in [0.29, 0.717) is 12.2 Å². The SMILES string of the molecule is CCc1cccc2c1OCC(C(=O)C(F)(F)F)C2=O. The van der Waals surface area contributed by atoms with Crippen molar-refractivity contribution in [2.75, 3.05) is 6.61 Å². The summed E-state index contributed by atoms with van der Waals surface area (Å²) >= 11 is 0. The molecule has 1 atom stereocenters. The van der Waals surface area contributed by atoms with Crippen LogP contribution in [0.4, 0.5) is 13.2 Å². The minimum Gasteiger partial charge on any atom is -0.491 e. The first kappa shape index (κ1) is 13.6. The highest BCUT2D eigenvalue weighted by molar-refractivity contribution is 6.14. The fraction of sp³-hybridized carbons (Fsp3) is 0.385. The van der Waals surface area contributed by atoms with E-state index in [1.165, 1.54) is 6.07 Å². The van der Waals surface area contributed by atoms with Gasteiger partial charge in [-0.1, -0.05) is 19.1 Å². The molecule has 6 heteroatoms. The zero-order chi connectivity index (χ0) is 14.2. The first-order valence-electron chi connectivity index (χ1n) is 5.76. The Kier molecular flexibility index (Phi) is 3.34. The van der Waals surface area contributed by atoms with Crippen molar-refractivity contribution in [3.8, 4) is 5.75 Å². The number of aryl methyl sites for hydroxylation is 1. The molecule has 1 aliphatic rings. The van der Waals surface area contributed by atoms with Crippen LogP contribution in [0.15, 0.2) is 18.2 Å². The summed E-state index contributed by atoms with van der Waals surface area (Å²) in [6.45, 7) is 1.29. The van der Waals surface area contributed by atoms with E-state index in [9.17, 15) is 22.8 Å². The number of rotatable bonds is 2. The quantitative estimate of drug-likeness (QED) is 0.777. The molecule has 0 spiro atoms. The van der Waals surface area contributed by atoms with Crippen molar-refractivity contribution in [3.63, 3.8) is 0 Å². The molecule has 2 rings (SSSR count). The molecule has 1 heterocycles. The lowest BCUT2D eigenvalue weighted by Gasteiger charge is -2.25. The predicted octanol–water partition coefficient (Wildman–Crippen LogP) is 2.57. The van der Waals surface area contributed by atoms with Crippen LogP contribution < -0.4 is 4.74 Å². The number of carbonyl (C=O) groups excluding carboxylic acids is 2. The summed E-state index contributed by atoms with van der Waals surface area (Å²) < 4.78 is 42.3. The highest BCUT2D eigenvalue weighted by Crippen LogP contribution is 2.34. The summed E-state index contributed by atoms with van der Waals surface area (Å²) in [7, 11) is 0. The highest BCUT2D eigenvalue weighted by atomic mass is 19.4. The number of alkyl halides is 3. The maximum atomic E-state index is 12.4. The number of para-hydroxylation sites is 1. The smallest absolute Gasteiger partial charge is 0.450 e. The van der Waals surface area contributed by atoms with Gasteiger partial charge in [-0.25, -0.2) is 0 Å². The van der Waals surface area contributed by atoms with Gasteiger partial charge >= 0.3 is 6.18 Å². The molecular weight excluding hydrogens is 261 g/mol. The van der Waals surface area contributed by atoms with E-state index in [1.54, 1.807) is 12.1 Å². The summed E-state index contributed by atoms with van der Waals surface area (Å²) in [5.74, 6) is -4.37. The number of fused-ring (bicyclic) bond motifs is 1. The van der Waals surface area contributed by atoms with Crippen LogP contribution in [0, 0.1) is 5.92 Å². The topological polar surface area (TPSA) is 43.4 Å². The highest BCUT2D eigenvalue weighted by Gasteiger charge is 2.48. The molecule has 1 aliphatic heterocycles. The predicted molar refractivity (Wildman–Crippen MR) is 60.2 cm³/mol. The van der Waals surface area contributed by atoms with Gasteiger partial charge in [-0.2, -0.15) is 13.2 Å². The van der Waals surface area contributed by atoms with Crippen LogP contribution in [0.25, 0.3) is 0 Å². The molecule has 0 bridgehead atoms. The van der Waals surface area contributed by atoms with Crippen LogP contribution in [0.3, 0.4) is 0 Å². The number of hydrogen-bond acceptors (Lipinski definition) is 3. The number of benzene rings is 1. The first-order valence-corrected chi connectivity index (χ1v) is 5.76. The molecular formula is C13H11F3O3. The average Bonchev–Trinajstić information content (AvgIpc) is 2.37. The molecule has 0 fully saturated rings. The van der Waals surface area contributed by atoms with Crippen molar-refractivity contribution in [2.24, 2.45) is 5.92 Å². The van der Waals surface area contributed by atoms with Gasteiger partial charge in [0.25, 0.3) is 5.78 Å². The second-order valence-corrected chi connectivity index (χ2v) is 4.24. The third kappa shape index (κ3) is 2.34. The number of Topliss-reactive ketones (excluding diaryl/α,β-unsaturated/α-hetero) is 2. The van der Waals surface area contributed by atoms with Gasteiger partial charge in [0.2, 0.25) is 0 Å². The summed E-state index contributed by atoms with van der Waals surface area (Å²) in [5.41, 5.74) is 0.789. The van der Waals surface area contributed by atoms with Gasteiger partial charge in [0.1, 0.15) is 18.3 Å². The van der Waals surface area contributed by atoms with Crippen LogP contribution in [0.2, 0.25) is 0 Å². The van der Waals surface area contributed by atoms with E-state index in [1.807, 2.05) is 6.92 Å². The van der Waals surface area contributed by atoms with E-state index < -0.39 is 30.3 Å². The minimum atomic E-state index is -5.02. The normalized spacial score (nSPS) is 18.7. The Bertz CT molecular complexity index is 534. The van der Waals surface area contributed by atoms with Crippen LogP contribution in [0.5, 0.6) is 5.75 Å². The van der Waals surface area contributed by atoms with Crippen molar-refractivity contribution in [1.82, 2.24) is 0 Å². The number of halogens is 3. The van der Waals surface area contributed by atoms with Gasteiger partial charge in [0.15, 0.2) is 5.78 Å². The van der Waals surface area contributed by atoms with Crippen LogP contribution in [-0.2, 0) is 11.2 Å². The van der Waals surface area contributed by atoms with E-state index in [0.717, 1.165) is 5.56 Å². The lowest BCUT2D eigenvalue weighted by atomic mass is 9.89. The second-order valence-electron chi connectivity index (χ2n) is 4.24. The Morgan fingerprint density at radius 2 is 2.11 bits per heavy atom. The molecule has 1 aromatic carbocycles. The Labute approximate surface area is 107 Å². The van der Waals surface area contributed by atoms with Crippen LogP contribution in [-0.4, -0.2) is 24.3 Å². The van der Waals surface area contributed by atoms with E-state index >= 15 is 0 Å². The molecule has 0 N–H and O–H groups in total. The zero-order valence-corrected chi connectivity index (χ0v) is 10.1. The molecule has 0 aromatic heterocycles. The summed E-state index contributed by atoms with van der Waals surface area (Å²) in [6.07, 6.45) is -4.43. The van der Waals surface area contributed by atoms with Gasteiger partial charge in [0, 0.05) is 0 Å². The zero-order valence-electron chi connectivity index (χ0n) is 10.1. The molecule has 0 radical (unpaired) electrons. The summed E-state index contributed by atoms with van der Waals surface area (Å²) in [5, 5.41) is 0. The van der Waals surface area contributed by atoms with Crippen molar-refractivity contribution in [2.45, 2.75) is 19.5 Å². The van der Waals surface area contributed by atoms with Gasteiger partial charge in [0.05, 0.1) is 5.56 Å². The number of ether oxygens (including phenoxy) is 1. The fourth-order valence-electron chi connectivity index (χ4n) is 2.05. The molecule has 1 unspecified atom stereocenters. The van der Waals surface area contributed by atoms with Crippen molar-refractivity contribution >= 4 is 11.6 Å². The average molecular weight is 272 g/mol. The lowest BCUT2D eigenvalue weighted by molar-refractivity contribution is -0.174. The van der Waals surface area contributed by atoms with E-state index in [-0.39, 0.29) is 5.56 Å². The maximum Gasteiger partial charge on any atom is 0.450 e.